The summed E-state index contributed by atoms with van der Waals surface area (Å²) >= 11 is 6.63. The average molecular weight is 697 g/mol. The van der Waals surface area contributed by atoms with Crippen LogP contribution < -0.4 is 24.8 Å². The van der Waals surface area contributed by atoms with Gasteiger partial charge in [0.25, 0.3) is 0 Å². The van der Waals surface area contributed by atoms with E-state index in [1.165, 1.54) is 39.0 Å². The molecule has 220 valence electrons. The summed E-state index contributed by atoms with van der Waals surface area (Å²) in [4.78, 5) is -0.451. The SMILES string of the molecule is CC1[C]([Zr+2][CH]2c3ccc(C(C)(C)C)cc3-c3c2cccc3C(C)(C)C)=C2C(C(C)(C)C)=C1C2(Cl)c1ccccc1.[Cl-].[Cl-]. The maximum Gasteiger partial charge on any atom is -1.00 e. The maximum atomic E-state index is 7.74. The summed E-state index contributed by atoms with van der Waals surface area (Å²) in [6.07, 6.45) is 0. The van der Waals surface area contributed by atoms with E-state index in [9.17, 15) is 0 Å². The van der Waals surface area contributed by atoms with Gasteiger partial charge < -0.3 is 24.8 Å². The van der Waals surface area contributed by atoms with Crippen LogP contribution in [-0.4, -0.2) is 0 Å². The van der Waals surface area contributed by atoms with E-state index in [0.717, 1.165) is 0 Å². The summed E-state index contributed by atoms with van der Waals surface area (Å²) in [6, 6.07) is 25.4. The summed E-state index contributed by atoms with van der Waals surface area (Å²) in [5, 5.41) is 0. The van der Waals surface area contributed by atoms with Gasteiger partial charge in [-0.15, -0.1) is 0 Å². The Labute approximate surface area is 283 Å². The summed E-state index contributed by atoms with van der Waals surface area (Å²) in [5.74, 6) is 0.431. The normalized spacial score (nSPS) is 22.5. The van der Waals surface area contributed by atoms with Gasteiger partial charge in [0.15, 0.2) is 0 Å². The molecule has 0 amide bonds. The smallest absolute Gasteiger partial charge is 1.00 e. The van der Waals surface area contributed by atoms with Crippen molar-refractivity contribution < 1.29 is 48.0 Å². The molecule has 0 heterocycles. The first-order valence-electron chi connectivity index (χ1n) is 14.9. The minimum atomic E-state index is -1.11. The molecule has 0 spiro atoms. The molecular formula is C38H43Cl3Zr. The fourth-order valence-corrected chi connectivity index (χ4v) is 13.0. The molecule has 0 saturated heterocycles. The molecule has 4 heteroatoms. The van der Waals surface area contributed by atoms with Crippen molar-refractivity contribution >= 4 is 11.6 Å². The Morgan fingerprint density at radius 2 is 1.36 bits per heavy atom. The average Bonchev–Trinajstić information content (AvgIpc) is 3.43. The van der Waals surface area contributed by atoms with Crippen LogP contribution in [0.25, 0.3) is 11.1 Å². The molecule has 3 aromatic carbocycles. The van der Waals surface area contributed by atoms with Gasteiger partial charge in [0, 0.05) is 0 Å². The molecule has 3 aromatic rings. The standard InChI is InChI=1S/C21H25.C17H18Cl.2ClH.Zr/c1-20(2,3)16-11-10-14-12-15-8-7-9-18(21(4,5)6)19(15)17(14)13-16;1-11-10-13-15(16(2,3)4)14(11)17(13,18)12-8-6-5-7-9-12;;;/h7-13H,1-6H3;5-9,11H,1-4H3;2*1H;/q;;;;+2/p-2. The molecule has 0 radical (unpaired) electrons. The number of hydrogen-bond donors (Lipinski definition) is 0. The maximum absolute atomic E-state index is 7.74. The van der Waals surface area contributed by atoms with Crippen molar-refractivity contribution in [1.82, 2.24) is 0 Å². The van der Waals surface area contributed by atoms with E-state index in [0.29, 0.717) is 9.54 Å². The summed E-state index contributed by atoms with van der Waals surface area (Å²) in [6.45, 7) is 23.6. The Morgan fingerprint density at radius 1 is 0.714 bits per heavy atom. The zero-order valence-electron chi connectivity index (χ0n) is 26.6. The van der Waals surface area contributed by atoms with Crippen LogP contribution in [0.15, 0.2) is 86.7 Å². The van der Waals surface area contributed by atoms with E-state index in [4.69, 9.17) is 11.6 Å². The van der Waals surface area contributed by atoms with Gasteiger partial charge in [0.2, 0.25) is 0 Å². The molecule has 0 aromatic heterocycles. The Balaban J connectivity index is 0.00000202. The van der Waals surface area contributed by atoms with Gasteiger partial charge in [-0.25, -0.2) is 0 Å². The second kappa shape index (κ2) is 11.1. The van der Waals surface area contributed by atoms with Crippen molar-refractivity contribution in [3.63, 3.8) is 0 Å². The first-order chi connectivity index (χ1) is 18.6. The number of benzene rings is 3. The molecule has 4 aliphatic rings. The molecule has 4 aliphatic carbocycles. The fourth-order valence-electron chi connectivity index (χ4n) is 7.40. The molecule has 0 nitrogen and oxygen atoms in total. The topological polar surface area (TPSA) is 0 Å². The van der Waals surface area contributed by atoms with Crippen LogP contribution in [-0.2, 0) is 38.9 Å². The van der Waals surface area contributed by atoms with Crippen LogP contribution in [0.5, 0.6) is 0 Å². The van der Waals surface area contributed by atoms with Crippen LogP contribution in [0.2, 0.25) is 0 Å². The van der Waals surface area contributed by atoms with E-state index in [2.05, 4.69) is 136 Å². The number of alkyl halides is 1. The van der Waals surface area contributed by atoms with Crippen LogP contribution in [0, 0.1) is 11.3 Å². The van der Waals surface area contributed by atoms with Gasteiger partial charge in [-0.2, -0.15) is 0 Å². The van der Waals surface area contributed by atoms with Crippen molar-refractivity contribution in [3.05, 3.63) is 115 Å². The van der Waals surface area contributed by atoms with Gasteiger partial charge >= 0.3 is 260 Å². The minimum Gasteiger partial charge on any atom is -1.00 e. The number of hydrogen-bond acceptors (Lipinski definition) is 0. The van der Waals surface area contributed by atoms with Gasteiger partial charge in [0.05, 0.1) is 0 Å². The first kappa shape index (κ1) is 33.8. The van der Waals surface area contributed by atoms with Gasteiger partial charge in [-0.05, 0) is 0 Å². The zero-order valence-corrected chi connectivity index (χ0v) is 31.4. The van der Waals surface area contributed by atoms with Crippen LogP contribution >= 0.6 is 11.6 Å². The molecule has 3 unspecified atom stereocenters. The summed E-state index contributed by atoms with van der Waals surface area (Å²) in [5.41, 5.74) is 15.1. The minimum absolute atomic E-state index is 0. The Bertz CT molecular complexity index is 1590. The van der Waals surface area contributed by atoms with Gasteiger partial charge in [0.1, 0.15) is 0 Å². The van der Waals surface area contributed by atoms with Crippen LogP contribution in [0.4, 0.5) is 0 Å². The Morgan fingerprint density at radius 3 is 1.93 bits per heavy atom. The number of halogens is 3. The molecule has 0 aliphatic heterocycles. The third-order valence-corrected chi connectivity index (χ3v) is 14.6. The van der Waals surface area contributed by atoms with Crippen LogP contribution in [0.1, 0.15) is 101 Å². The second-order valence-corrected chi connectivity index (χ2v) is 19.2. The Hall–Kier alpha value is -1.11. The molecule has 0 N–H and O–H groups in total. The largest absolute Gasteiger partial charge is 1.00 e. The summed E-state index contributed by atoms with van der Waals surface area (Å²) in [7, 11) is 0. The van der Waals surface area contributed by atoms with E-state index in [1.54, 1.807) is 20.0 Å². The van der Waals surface area contributed by atoms with Gasteiger partial charge in [-0.1, -0.05) is 0 Å². The molecule has 0 fully saturated rings. The van der Waals surface area contributed by atoms with Crippen molar-refractivity contribution in [2.24, 2.45) is 11.3 Å². The molecule has 42 heavy (non-hydrogen) atoms. The van der Waals surface area contributed by atoms with E-state index in [1.807, 2.05) is 0 Å². The van der Waals surface area contributed by atoms with Crippen molar-refractivity contribution in [2.75, 3.05) is 0 Å². The number of allylic oxidation sites excluding steroid dienone is 4. The third-order valence-electron chi connectivity index (χ3n) is 9.31. The molecule has 2 bridgehead atoms. The first-order valence-corrected chi connectivity index (χ1v) is 17.9. The zero-order chi connectivity index (χ0) is 29.0. The van der Waals surface area contributed by atoms with Crippen molar-refractivity contribution in [2.45, 2.75) is 88.6 Å². The quantitative estimate of drug-likeness (QED) is 0.345. The monoisotopic (exact) mass is 694 g/mol. The molecular weight excluding hydrogens is 654 g/mol. The second-order valence-electron chi connectivity index (χ2n) is 15.2. The van der Waals surface area contributed by atoms with Crippen molar-refractivity contribution in [3.8, 4) is 11.1 Å². The van der Waals surface area contributed by atoms with Crippen molar-refractivity contribution in [1.29, 1.82) is 0 Å². The van der Waals surface area contributed by atoms with E-state index < -0.39 is 28.1 Å². The Kier molecular flexibility index (Phi) is 8.89. The number of rotatable bonds is 3. The van der Waals surface area contributed by atoms with E-state index in [-0.39, 0.29) is 41.1 Å². The summed E-state index contributed by atoms with van der Waals surface area (Å²) < 4.78 is 2.22. The molecule has 7 rings (SSSR count). The van der Waals surface area contributed by atoms with Crippen LogP contribution in [0.3, 0.4) is 0 Å². The molecule has 0 saturated carbocycles. The predicted molar refractivity (Wildman–Crippen MR) is 168 cm³/mol. The van der Waals surface area contributed by atoms with E-state index >= 15 is 0 Å². The predicted octanol–water partition coefficient (Wildman–Crippen LogP) is 4.84. The fraction of sp³-hybridized carbons (Fsp3) is 0.421. The molecule has 3 atom stereocenters. The number of fused-ring (bicyclic) bond motifs is 4. The van der Waals surface area contributed by atoms with Gasteiger partial charge in [-0.3, -0.25) is 0 Å². The third kappa shape index (κ3) is 4.98.